The van der Waals surface area contributed by atoms with Crippen molar-refractivity contribution < 1.29 is 9.53 Å². The van der Waals surface area contributed by atoms with E-state index in [1.54, 1.807) is 0 Å². The molecule has 0 atom stereocenters. The van der Waals surface area contributed by atoms with Crippen LogP contribution in [0.1, 0.15) is 28.8 Å². The van der Waals surface area contributed by atoms with E-state index < -0.39 is 0 Å². The van der Waals surface area contributed by atoms with Gasteiger partial charge in [-0.2, -0.15) is 0 Å². The summed E-state index contributed by atoms with van der Waals surface area (Å²) in [6, 6.07) is 9.88. The highest BCUT2D eigenvalue weighted by Crippen LogP contribution is 2.36. The van der Waals surface area contributed by atoms with Crippen LogP contribution in [0.2, 0.25) is 5.02 Å². The molecule has 1 N–H and O–H groups in total. The molecule has 1 aromatic heterocycles. The molecular weight excluding hydrogens is 552 g/mol. The Hall–Kier alpha value is -1.41. The van der Waals surface area contributed by atoms with Gasteiger partial charge in [0.15, 0.2) is 5.13 Å². The molecule has 1 amide bonds. The third kappa shape index (κ3) is 5.63. The number of rotatable bonds is 7. The third-order valence-corrected chi connectivity index (χ3v) is 7.52. The molecular formula is C22H21Br2ClN2O2S. The summed E-state index contributed by atoms with van der Waals surface area (Å²) in [7, 11) is 0. The number of ether oxygens (including phenoxy) is 1. The maximum Gasteiger partial charge on any atom is 0.226 e. The third-order valence-electron chi connectivity index (χ3n) is 4.53. The van der Waals surface area contributed by atoms with Crippen molar-refractivity contribution in [3.05, 3.63) is 60.3 Å². The van der Waals surface area contributed by atoms with Crippen molar-refractivity contribution in [1.82, 2.24) is 4.98 Å². The average Bonchev–Trinajstić information content (AvgIpc) is 3.07. The van der Waals surface area contributed by atoms with E-state index in [1.165, 1.54) is 11.3 Å². The molecule has 8 heteroatoms. The quantitative estimate of drug-likeness (QED) is 0.295. The summed E-state index contributed by atoms with van der Waals surface area (Å²) in [5.41, 5.74) is 3.83. The van der Waals surface area contributed by atoms with Gasteiger partial charge in [0.2, 0.25) is 5.91 Å². The molecule has 4 nitrogen and oxygen atoms in total. The number of thiazole rings is 1. The van der Waals surface area contributed by atoms with E-state index in [0.717, 1.165) is 47.0 Å². The van der Waals surface area contributed by atoms with Gasteiger partial charge in [0.1, 0.15) is 5.75 Å². The van der Waals surface area contributed by atoms with E-state index >= 15 is 0 Å². The Balaban J connectivity index is 1.52. The first kappa shape index (κ1) is 23.3. The van der Waals surface area contributed by atoms with Gasteiger partial charge in [-0.15, -0.1) is 11.3 Å². The van der Waals surface area contributed by atoms with Crippen LogP contribution >= 0.6 is 54.8 Å². The predicted octanol–water partition coefficient (Wildman–Crippen LogP) is 7.71. The van der Waals surface area contributed by atoms with Gasteiger partial charge >= 0.3 is 0 Å². The molecule has 0 saturated carbocycles. The molecule has 0 fully saturated rings. The Morgan fingerprint density at radius 3 is 2.60 bits per heavy atom. The minimum Gasteiger partial charge on any atom is -0.492 e. The summed E-state index contributed by atoms with van der Waals surface area (Å²) >= 11 is 14.7. The van der Waals surface area contributed by atoms with Crippen LogP contribution in [0.3, 0.4) is 0 Å². The summed E-state index contributed by atoms with van der Waals surface area (Å²) in [4.78, 5) is 18.0. The first-order chi connectivity index (χ1) is 14.3. The molecule has 2 aromatic carbocycles. The van der Waals surface area contributed by atoms with Gasteiger partial charge in [-0.3, -0.25) is 4.79 Å². The van der Waals surface area contributed by atoms with Crippen molar-refractivity contribution in [2.45, 2.75) is 33.6 Å². The fourth-order valence-electron chi connectivity index (χ4n) is 2.93. The summed E-state index contributed by atoms with van der Waals surface area (Å²) in [6.45, 7) is 6.33. The van der Waals surface area contributed by atoms with Crippen LogP contribution in [0.5, 0.6) is 5.75 Å². The van der Waals surface area contributed by atoms with Crippen molar-refractivity contribution in [3.63, 3.8) is 0 Å². The first-order valence-electron chi connectivity index (χ1n) is 9.37. The maximum absolute atomic E-state index is 12.3. The zero-order chi connectivity index (χ0) is 21.8. The van der Waals surface area contributed by atoms with Crippen molar-refractivity contribution in [2.24, 2.45) is 0 Å². The Kier molecular flexibility index (Phi) is 7.96. The molecule has 3 rings (SSSR count). The van der Waals surface area contributed by atoms with Gasteiger partial charge in [0.25, 0.3) is 0 Å². The van der Waals surface area contributed by atoms with Crippen LogP contribution in [0.15, 0.2) is 39.3 Å². The predicted molar refractivity (Wildman–Crippen MR) is 132 cm³/mol. The summed E-state index contributed by atoms with van der Waals surface area (Å²) < 4.78 is 7.71. The Bertz CT molecular complexity index is 1070. The van der Waals surface area contributed by atoms with Gasteiger partial charge in [0, 0.05) is 26.4 Å². The van der Waals surface area contributed by atoms with Crippen LogP contribution in [0, 0.1) is 20.8 Å². The monoisotopic (exact) mass is 570 g/mol. The van der Waals surface area contributed by atoms with E-state index in [-0.39, 0.29) is 5.91 Å². The minimum absolute atomic E-state index is 0.0720. The van der Waals surface area contributed by atoms with Crippen LogP contribution in [0.25, 0.3) is 11.3 Å². The lowest BCUT2D eigenvalue weighted by molar-refractivity contribution is -0.116. The van der Waals surface area contributed by atoms with Crippen LogP contribution < -0.4 is 10.1 Å². The zero-order valence-corrected chi connectivity index (χ0v) is 21.6. The summed E-state index contributed by atoms with van der Waals surface area (Å²) in [5.74, 6) is 0.668. The van der Waals surface area contributed by atoms with Gasteiger partial charge in [-0.25, -0.2) is 4.98 Å². The highest BCUT2D eigenvalue weighted by atomic mass is 79.9. The van der Waals surface area contributed by atoms with Crippen molar-refractivity contribution in [2.75, 3.05) is 11.9 Å². The second kappa shape index (κ2) is 10.3. The van der Waals surface area contributed by atoms with E-state index in [0.29, 0.717) is 24.6 Å². The fourth-order valence-corrected chi connectivity index (χ4v) is 4.73. The van der Waals surface area contributed by atoms with Gasteiger partial charge in [-0.1, -0.05) is 39.7 Å². The van der Waals surface area contributed by atoms with Crippen molar-refractivity contribution in [1.29, 1.82) is 0 Å². The van der Waals surface area contributed by atoms with Crippen LogP contribution in [-0.4, -0.2) is 17.5 Å². The highest BCUT2D eigenvalue weighted by Gasteiger charge is 2.13. The first-order valence-corrected chi connectivity index (χ1v) is 12.2. The van der Waals surface area contributed by atoms with Gasteiger partial charge < -0.3 is 10.1 Å². The molecule has 30 heavy (non-hydrogen) atoms. The largest absolute Gasteiger partial charge is 0.492 e. The van der Waals surface area contributed by atoms with E-state index in [2.05, 4.69) is 42.2 Å². The van der Waals surface area contributed by atoms with E-state index in [4.69, 9.17) is 16.3 Å². The number of nitrogens with zero attached hydrogens (tertiary/aromatic N) is 1. The van der Waals surface area contributed by atoms with Crippen molar-refractivity contribution >= 4 is 65.8 Å². The standard InChI is InChI=1S/C22H21Br2ClN2O2S/c1-12-11-17(19(24)13(2)20(12)25)29-10-4-5-18(28)26-22-27-21(14(3)30-22)15-6-8-16(23)9-7-15/h6-9,11H,4-5,10H2,1-3H3,(H,26,27,28). The summed E-state index contributed by atoms with van der Waals surface area (Å²) in [6.07, 6.45) is 0.957. The summed E-state index contributed by atoms with van der Waals surface area (Å²) in [5, 5.41) is 4.24. The van der Waals surface area contributed by atoms with E-state index in [9.17, 15) is 4.79 Å². The smallest absolute Gasteiger partial charge is 0.226 e. The lowest BCUT2D eigenvalue weighted by atomic mass is 10.1. The molecule has 0 unspecified atom stereocenters. The average molecular weight is 573 g/mol. The SMILES string of the molecule is Cc1cc(OCCCC(=O)Nc2nc(-c3ccc(Br)cc3)c(C)s2)c(Br)c(C)c1Cl. The second-order valence-electron chi connectivity index (χ2n) is 6.88. The minimum atomic E-state index is -0.0720. The number of carbonyl (C=O) groups excluding carboxylic acids is 1. The number of halogens is 3. The molecule has 158 valence electrons. The normalized spacial score (nSPS) is 10.9. The molecule has 0 aliphatic heterocycles. The number of anilines is 1. The molecule has 0 bridgehead atoms. The van der Waals surface area contributed by atoms with Crippen LogP contribution in [-0.2, 0) is 4.79 Å². The molecule has 0 aliphatic rings. The second-order valence-corrected chi connectivity index (χ2v) is 10.2. The number of aromatic nitrogens is 1. The number of nitrogens with one attached hydrogen (secondary N) is 1. The van der Waals surface area contributed by atoms with Crippen molar-refractivity contribution in [3.8, 4) is 17.0 Å². The lowest BCUT2D eigenvalue weighted by Crippen LogP contribution is -2.12. The fraction of sp³-hybridized carbons (Fsp3) is 0.273. The Morgan fingerprint density at radius 2 is 1.90 bits per heavy atom. The lowest BCUT2D eigenvalue weighted by Gasteiger charge is -2.13. The molecule has 0 radical (unpaired) electrons. The van der Waals surface area contributed by atoms with Gasteiger partial charge in [-0.05, 0) is 72.4 Å². The number of benzene rings is 2. The number of carbonyl (C=O) groups is 1. The maximum atomic E-state index is 12.3. The highest BCUT2D eigenvalue weighted by molar-refractivity contribution is 9.10. The van der Waals surface area contributed by atoms with Gasteiger partial charge in [0.05, 0.1) is 16.8 Å². The molecule has 3 aromatic rings. The number of hydrogen-bond acceptors (Lipinski definition) is 4. The van der Waals surface area contributed by atoms with E-state index in [1.807, 2.05) is 51.1 Å². The zero-order valence-electron chi connectivity index (χ0n) is 16.8. The Morgan fingerprint density at radius 1 is 1.20 bits per heavy atom. The number of hydrogen-bond donors (Lipinski definition) is 1. The molecule has 0 aliphatic carbocycles. The molecule has 0 saturated heterocycles. The topological polar surface area (TPSA) is 51.2 Å². The Labute approximate surface area is 202 Å². The number of amides is 1. The number of aryl methyl sites for hydroxylation is 2. The molecule has 0 spiro atoms. The van der Waals surface area contributed by atoms with Crippen LogP contribution in [0.4, 0.5) is 5.13 Å². The molecule has 1 heterocycles.